The average molecular weight is 210 g/mol. The molecule has 0 unspecified atom stereocenters. The van der Waals surface area contributed by atoms with Crippen molar-refractivity contribution < 1.29 is 9.90 Å². The molecule has 84 valence electrons. The lowest BCUT2D eigenvalue weighted by atomic mass is 10.2. The third-order valence-corrected chi connectivity index (χ3v) is 2.27. The zero-order chi connectivity index (χ0) is 10.9. The monoisotopic (exact) mass is 210 g/mol. The molecule has 0 aromatic heterocycles. The molecule has 15 heavy (non-hydrogen) atoms. The molecule has 2 aliphatic heterocycles. The summed E-state index contributed by atoms with van der Waals surface area (Å²) in [5.74, 6) is 0. The summed E-state index contributed by atoms with van der Waals surface area (Å²) in [7, 11) is 0. The van der Waals surface area contributed by atoms with Gasteiger partial charge in [-0.3, -0.25) is 4.90 Å². The Balaban J connectivity index is 0.000000162. The smallest absolute Gasteiger partial charge is 0.411 e. The third-order valence-electron chi connectivity index (χ3n) is 2.27. The van der Waals surface area contributed by atoms with Crippen molar-refractivity contribution in [2.24, 2.45) is 0 Å². The van der Waals surface area contributed by atoms with Gasteiger partial charge in [0, 0.05) is 12.7 Å². The molecular formula is C11H18N2O2. The molecular weight excluding hydrogens is 192 g/mol. The SMILES string of the molecule is C1CCNCC1.O=C(O)N1C=CC=CC1. The van der Waals surface area contributed by atoms with Crippen molar-refractivity contribution in [3.05, 3.63) is 24.4 Å². The van der Waals surface area contributed by atoms with E-state index >= 15 is 0 Å². The number of carboxylic acid groups (broad SMARTS) is 1. The fourth-order valence-electron chi connectivity index (χ4n) is 1.41. The highest BCUT2D eigenvalue weighted by atomic mass is 16.4. The summed E-state index contributed by atoms with van der Waals surface area (Å²) in [6.07, 6.45) is 10.1. The molecule has 4 heteroatoms. The van der Waals surface area contributed by atoms with Crippen LogP contribution in [0.2, 0.25) is 0 Å². The van der Waals surface area contributed by atoms with Crippen molar-refractivity contribution >= 4 is 6.09 Å². The van der Waals surface area contributed by atoms with E-state index in [9.17, 15) is 4.79 Å². The van der Waals surface area contributed by atoms with Crippen LogP contribution in [0.3, 0.4) is 0 Å². The van der Waals surface area contributed by atoms with E-state index in [1.165, 1.54) is 43.5 Å². The molecule has 0 atom stereocenters. The van der Waals surface area contributed by atoms with Gasteiger partial charge in [-0.1, -0.05) is 18.6 Å². The molecule has 0 aromatic rings. The van der Waals surface area contributed by atoms with Crippen molar-refractivity contribution in [2.45, 2.75) is 19.3 Å². The van der Waals surface area contributed by atoms with Crippen LogP contribution in [-0.4, -0.2) is 35.7 Å². The maximum atomic E-state index is 10.2. The molecule has 0 aliphatic carbocycles. The van der Waals surface area contributed by atoms with Crippen LogP contribution in [0.4, 0.5) is 4.79 Å². The van der Waals surface area contributed by atoms with E-state index < -0.39 is 6.09 Å². The van der Waals surface area contributed by atoms with Crippen molar-refractivity contribution in [3.63, 3.8) is 0 Å². The molecule has 0 saturated carbocycles. The number of rotatable bonds is 0. The molecule has 2 rings (SSSR count). The highest BCUT2D eigenvalue weighted by Gasteiger charge is 2.05. The lowest BCUT2D eigenvalue weighted by molar-refractivity contribution is 0.166. The van der Waals surface area contributed by atoms with Crippen molar-refractivity contribution in [3.8, 4) is 0 Å². The highest BCUT2D eigenvalue weighted by molar-refractivity contribution is 5.66. The molecule has 1 amide bonds. The van der Waals surface area contributed by atoms with Gasteiger partial charge in [0.15, 0.2) is 0 Å². The summed E-state index contributed by atoms with van der Waals surface area (Å²) in [6, 6.07) is 0. The van der Waals surface area contributed by atoms with Crippen molar-refractivity contribution in [1.82, 2.24) is 10.2 Å². The minimum absolute atomic E-state index is 0.464. The van der Waals surface area contributed by atoms with Gasteiger partial charge in [-0.05, 0) is 32.0 Å². The molecule has 0 spiro atoms. The van der Waals surface area contributed by atoms with E-state index in [1.807, 2.05) is 6.08 Å². The minimum atomic E-state index is -0.907. The summed E-state index contributed by atoms with van der Waals surface area (Å²) in [5.41, 5.74) is 0. The summed E-state index contributed by atoms with van der Waals surface area (Å²) >= 11 is 0. The molecule has 4 nitrogen and oxygen atoms in total. The molecule has 0 aromatic carbocycles. The first-order valence-corrected chi connectivity index (χ1v) is 5.34. The van der Waals surface area contributed by atoms with Crippen LogP contribution in [0, 0.1) is 0 Å². The second kappa shape index (κ2) is 7.06. The van der Waals surface area contributed by atoms with Crippen LogP contribution in [0.25, 0.3) is 0 Å². The van der Waals surface area contributed by atoms with Crippen LogP contribution in [0.1, 0.15) is 19.3 Å². The van der Waals surface area contributed by atoms with Gasteiger partial charge in [0.25, 0.3) is 0 Å². The Morgan fingerprint density at radius 3 is 2.20 bits per heavy atom. The summed E-state index contributed by atoms with van der Waals surface area (Å²) in [6.45, 7) is 2.96. The van der Waals surface area contributed by atoms with E-state index in [0.29, 0.717) is 6.54 Å². The van der Waals surface area contributed by atoms with Gasteiger partial charge in [-0.15, -0.1) is 0 Å². The highest BCUT2D eigenvalue weighted by Crippen LogP contribution is 1.97. The van der Waals surface area contributed by atoms with Gasteiger partial charge in [0.1, 0.15) is 0 Å². The van der Waals surface area contributed by atoms with E-state index in [4.69, 9.17) is 5.11 Å². The minimum Gasteiger partial charge on any atom is -0.465 e. The predicted molar refractivity (Wildman–Crippen MR) is 59.7 cm³/mol. The van der Waals surface area contributed by atoms with Gasteiger partial charge in [-0.2, -0.15) is 0 Å². The number of carbonyl (C=O) groups is 1. The first kappa shape index (κ1) is 11.8. The fraction of sp³-hybridized carbons (Fsp3) is 0.545. The normalized spacial score (nSPS) is 19.3. The van der Waals surface area contributed by atoms with Gasteiger partial charge < -0.3 is 10.4 Å². The van der Waals surface area contributed by atoms with Crippen LogP contribution in [0.15, 0.2) is 24.4 Å². The Bertz CT molecular complexity index is 233. The van der Waals surface area contributed by atoms with Crippen LogP contribution >= 0.6 is 0 Å². The maximum Gasteiger partial charge on any atom is 0.411 e. The Morgan fingerprint density at radius 2 is 1.93 bits per heavy atom. The number of allylic oxidation sites excluding steroid dienone is 2. The van der Waals surface area contributed by atoms with Crippen LogP contribution in [-0.2, 0) is 0 Å². The summed E-state index contributed by atoms with van der Waals surface area (Å²) in [5, 5.41) is 11.7. The number of piperidine rings is 1. The van der Waals surface area contributed by atoms with Gasteiger partial charge in [0.05, 0.1) is 0 Å². The van der Waals surface area contributed by atoms with Gasteiger partial charge >= 0.3 is 6.09 Å². The van der Waals surface area contributed by atoms with E-state index in [1.54, 1.807) is 12.2 Å². The molecule has 2 heterocycles. The zero-order valence-corrected chi connectivity index (χ0v) is 8.85. The Hall–Kier alpha value is -1.29. The molecule has 2 aliphatic rings. The molecule has 0 radical (unpaired) electrons. The van der Waals surface area contributed by atoms with Crippen LogP contribution in [0.5, 0.6) is 0 Å². The molecule has 2 N–H and O–H groups in total. The van der Waals surface area contributed by atoms with Crippen molar-refractivity contribution in [1.29, 1.82) is 0 Å². The van der Waals surface area contributed by atoms with E-state index in [0.717, 1.165) is 0 Å². The average Bonchev–Trinajstić information content (AvgIpc) is 2.33. The van der Waals surface area contributed by atoms with Crippen molar-refractivity contribution in [2.75, 3.05) is 19.6 Å². The van der Waals surface area contributed by atoms with Gasteiger partial charge in [-0.25, -0.2) is 4.79 Å². The number of hydrogen-bond acceptors (Lipinski definition) is 2. The van der Waals surface area contributed by atoms with Crippen LogP contribution < -0.4 is 5.32 Å². The first-order valence-electron chi connectivity index (χ1n) is 5.34. The van der Waals surface area contributed by atoms with E-state index in [2.05, 4.69) is 5.32 Å². The number of amides is 1. The quantitative estimate of drug-likeness (QED) is 0.641. The number of hydrogen-bond donors (Lipinski definition) is 2. The predicted octanol–water partition coefficient (Wildman–Crippen LogP) is 1.81. The first-order chi connectivity index (χ1) is 7.30. The molecule has 1 fully saturated rings. The maximum absolute atomic E-state index is 10.2. The lowest BCUT2D eigenvalue weighted by Gasteiger charge is -2.12. The molecule has 1 saturated heterocycles. The Labute approximate surface area is 90.3 Å². The Kier molecular flexibility index (Phi) is 5.55. The summed E-state index contributed by atoms with van der Waals surface area (Å²) < 4.78 is 0. The topological polar surface area (TPSA) is 52.6 Å². The largest absolute Gasteiger partial charge is 0.465 e. The van der Waals surface area contributed by atoms with Gasteiger partial charge in [0.2, 0.25) is 0 Å². The summed E-state index contributed by atoms with van der Waals surface area (Å²) in [4.78, 5) is 11.4. The standard InChI is InChI=1S/C6H7NO2.C5H11N/c8-6(9)7-4-2-1-3-5-7;1-2-4-6-5-3-1/h1-4H,5H2,(H,8,9);6H,1-5H2. The zero-order valence-electron chi connectivity index (χ0n) is 8.85. The second-order valence-electron chi connectivity index (χ2n) is 3.52. The Morgan fingerprint density at radius 1 is 1.20 bits per heavy atom. The fourth-order valence-corrected chi connectivity index (χ4v) is 1.41. The number of nitrogens with one attached hydrogen (secondary N) is 1. The third kappa shape index (κ3) is 5.22. The number of nitrogens with zero attached hydrogens (tertiary/aromatic N) is 1. The van der Waals surface area contributed by atoms with E-state index in [-0.39, 0.29) is 0 Å². The molecule has 0 bridgehead atoms. The second-order valence-corrected chi connectivity index (χ2v) is 3.52. The lowest BCUT2D eigenvalue weighted by Crippen LogP contribution is -2.24.